The lowest BCUT2D eigenvalue weighted by atomic mass is 10.2. The van der Waals surface area contributed by atoms with Crippen LogP contribution >= 0.6 is 11.8 Å². The van der Waals surface area contributed by atoms with Gasteiger partial charge in [-0.15, -0.1) is 0 Å². The molecule has 0 bridgehead atoms. The van der Waals surface area contributed by atoms with E-state index in [9.17, 15) is 14.0 Å². The van der Waals surface area contributed by atoms with E-state index >= 15 is 0 Å². The summed E-state index contributed by atoms with van der Waals surface area (Å²) in [5.41, 5.74) is 0.311. The molecule has 1 N–H and O–H groups in total. The van der Waals surface area contributed by atoms with E-state index in [4.69, 9.17) is 0 Å². The Balaban J connectivity index is 2.65. The van der Waals surface area contributed by atoms with E-state index in [0.717, 1.165) is 5.75 Å². The number of methoxy groups -OCH3 is 1. The monoisotopic (exact) mass is 311 g/mol. The van der Waals surface area contributed by atoms with Crippen LogP contribution in [0.25, 0.3) is 6.08 Å². The largest absolute Gasteiger partial charge is 0.467 e. The second-order valence-electron chi connectivity index (χ2n) is 4.22. The van der Waals surface area contributed by atoms with Crippen molar-refractivity contribution in [3.05, 3.63) is 41.7 Å². The molecular weight excluding hydrogens is 293 g/mol. The molecule has 1 rings (SSSR count). The van der Waals surface area contributed by atoms with Gasteiger partial charge in [-0.25, -0.2) is 9.18 Å². The Kier molecular flexibility index (Phi) is 7.53. The summed E-state index contributed by atoms with van der Waals surface area (Å²) in [7, 11) is 1.27. The third-order valence-corrected chi connectivity index (χ3v) is 3.38. The lowest BCUT2D eigenvalue weighted by Crippen LogP contribution is -2.41. The van der Waals surface area contributed by atoms with Crippen molar-refractivity contribution in [2.45, 2.75) is 12.5 Å². The predicted molar refractivity (Wildman–Crippen MR) is 82.4 cm³/mol. The highest BCUT2D eigenvalue weighted by Crippen LogP contribution is 2.08. The molecule has 1 atom stereocenters. The van der Waals surface area contributed by atoms with Crippen molar-refractivity contribution < 1.29 is 18.7 Å². The van der Waals surface area contributed by atoms with E-state index in [1.165, 1.54) is 25.3 Å². The zero-order valence-electron chi connectivity index (χ0n) is 12.0. The number of carbonyl (C=O) groups is 2. The molecule has 21 heavy (non-hydrogen) atoms. The zero-order valence-corrected chi connectivity index (χ0v) is 12.8. The van der Waals surface area contributed by atoms with Gasteiger partial charge in [0, 0.05) is 11.6 Å². The molecule has 0 aromatic heterocycles. The van der Waals surface area contributed by atoms with Gasteiger partial charge in [-0.05, 0) is 30.6 Å². The van der Waals surface area contributed by atoms with Crippen LogP contribution in [0.1, 0.15) is 12.0 Å². The van der Waals surface area contributed by atoms with E-state index < -0.39 is 23.7 Å². The minimum Gasteiger partial charge on any atom is -0.467 e. The van der Waals surface area contributed by atoms with Gasteiger partial charge in [0.15, 0.2) is 0 Å². The van der Waals surface area contributed by atoms with Crippen molar-refractivity contribution >= 4 is 29.7 Å². The van der Waals surface area contributed by atoms with E-state index in [1.807, 2.05) is 6.26 Å². The number of benzene rings is 1. The average molecular weight is 311 g/mol. The molecule has 0 unspecified atom stereocenters. The molecule has 0 saturated heterocycles. The van der Waals surface area contributed by atoms with E-state index in [-0.39, 0.29) is 0 Å². The Hall–Kier alpha value is -1.82. The fourth-order valence-electron chi connectivity index (χ4n) is 1.62. The first-order chi connectivity index (χ1) is 10.1. The van der Waals surface area contributed by atoms with Crippen LogP contribution in [0, 0.1) is 5.82 Å². The SMILES string of the molecule is COC(=O)[C@H](CCSC)NC(=O)C=Cc1ccccc1F. The van der Waals surface area contributed by atoms with Crippen molar-refractivity contribution in [2.75, 3.05) is 19.1 Å². The van der Waals surface area contributed by atoms with Crippen LogP contribution in [-0.4, -0.2) is 37.0 Å². The van der Waals surface area contributed by atoms with Gasteiger partial charge in [0.2, 0.25) is 5.91 Å². The number of amides is 1. The van der Waals surface area contributed by atoms with Gasteiger partial charge in [0.25, 0.3) is 0 Å². The van der Waals surface area contributed by atoms with Gasteiger partial charge in [0.05, 0.1) is 7.11 Å². The molecule has 0 aliphatic heterocycles. The molecule has 0 heterocycles. The summed E-state index contributed by atoms with van der Waals surface area (Å²) in [6.45, 7) is 0. The van der Waals surface area contributed by atoms with Crippen molar-refractivity contribution in [3.63, 3.8) is 0 Å². The Bertz CT molecular complexity index is 519. The first kappa shape index (κ1) is 17.2. The highest BCUT2D eigenvalue weighted by atomic mass is 32.2. The van der Waals surface area contributed by atoms with Crippen molar-refractivity contribution in [2.24, 2.45) is 0 Å². The molecule has 114 valence electrons. The minimum absolute atomic E-state index is 0.311. The number of nitrogens with one attached hydrogen (secondary N) is 1. The highest BCUT2D eigenvalue weighted by molar-refractivity contribution is 7.98. The van der Waals surface area contributed by atoms with Crippen LogP contribution in [0.15, 0.2) is 30.3 Å². The summed E-state index contributed by atoms with van der Waals surface area (Å²) in [5.74, 6) is -0.642. The number of hydrogen-bond acceptors (Lipinski definition) is 4. The van der Waals surface area contributed by atoms with Crippen LogP contribution in [0.4, 0.5) is 4.39 Å². The number of carbonyl (C=O) groups excluding carboxylic acids is 2. The maximum absolute atomic E-state index is 13.4. The molecule has 6 heteroatoms. The molecule has 0 aliphatic carbocycles. The van der Waals surface area contributed by atoms with Crippen LogP contribution < -0.4 is 5.32 Å². The topological polar surface area (TPSA) is 55.4 Å². The molecule has 0 radical (unpaired) electrons. The Morgan fingerprint density at radius 1 is 1.43 bits per heavy atom. The number of ether oxygens (including phenoxy) is 1. The fraction of sp³-hybridized carbons (Fsp3) is 0.333. The van der Waals surface area contributed by atoms with Crippen molar-refractivity contribution in [1.82, 2.24) is 5.32 Å². The van der Waals surface area contributed by atoms with Crippen LogP contribution in [-0.2, 0) is 14.3 Å². The fourth-order valence-corrected chi connectivity index (χ4v) is 2.09. The quantitative estimate of drug-likeness (QED) is 0.620. The van der Waals surface area contributed by atoms with E-state index in [2.05, 4.69) is 10.1 Å². The van der Waals surface area contributed by atoms with E-state index in [1.54, 1.807) is 30.0 Å². The van der Waals surface area contributed by atoms with Gasteiger partial charge < -0.3 is 10.1 Å². The number of esters is 1. The Morgan fingerprint density at radius 3 is 2.76 bits per heavy atom. The summed E-state index contributed by atoms with van der Waals surface area (Å²) in [4.78, 5) is 23.3. The third-order valence-electron chi connectivity index (χ3n) is 2.73. The zero-order chi connectivity index (χ0) is 15.7. The Morgan fingerprint density at radius 2 is 2.14 bits per heavy atom. The summed E-state index contributed by atoms with van der Waals surface area (Å²) >= 11 is 1.57. The maximum atomic E-state index is 13.4. The van der Waals surface area contributed by atoms with Gasteiger partial charge >= 0.3 is 5.97 Å². The molecular formula is C15H18FNO3S. The van der Waals surface area contributed by atoms with Gasteiger partial charge in [-0.1, -0.05) is 18.2 Å². The lowest BCUT2D eigenvalue weighted by molar-refractivity contribution is -0.144. The first-order valence-electron chi connectivity index (χ1n) is 6.38. The average Bonchev–Trinajstić information content (AvgIpc) is 2.49. The molecule has 0 spiro atoms. The number of rotatable bonds is 7. The standard InChI is InChI=1S/C15H18FNO3S/c1-20-15(19)13(9-10-21-2)17-14(18)8-7-11-5-3-4-6-12(11)16/h3-8,13H,9-10H2,1-2H3,(H,17,18)/t13-/m0/s1. The van der Waals surface area contributed by atoms with E-state index in [0.29, 0.717) is 12.0 Å². The molecule has 4 nitrogen and oxygen atoms in total. The predicted octanol–water partition coefficient (Wildman–Crippen LogP) is 2.25. The molecule has 0 saturated carbocycles. The van der Waals surface area contributed by atoms with Crippen molar-refractivity contribution in [1.29, 1.82) is 0 Å². The Labute approximate surface area is 127 Å². The maximum Gasteiger partial charge on any atom is 0.328 e. The molecule has 1 aromatic rings. The highest BCUT2D eigenvalue weighted by Gasteiger charge is 2.19. The second kappa shape index (κ2) is 9.18. The van der Waals surface area contributed by atoms with Gasteiger partial charge in [-0.3, -0.25) is 4.79 Å². The molecule has 0 aliphatic rings. The van der Waals surface area contributed by atoms with Crippen molar-refractivity contribution in [3.8, 4) is 0 Å². The third kappa shape index (κ3) is 5.99. The van der Waals surface area contributed by atoms with Crippen LogP contribution in [0.5, 0.6) is 0 Å². The number of thioether (sulfide) groups is 1. The first-order valence-corrected chi connectivity index (χ1v) is 7.77. The molecule has 0 fully saturated rings. The number of halogens is 1. The van der Waals surface area contributed by atoms with Crippen LogP contribution in [0.2, 0.25) is 0 Å². The summed E-state index contributed by atoms with van der Waals surface area (Å²) in [6.07, 6.45) is 4.96. The normalized spacial score (nSPS) is 12.1. The summed E-state index contributed by atoms with van der Waals surface area (Å²) in [5, 5.41) is 2.56. The lowest BCUT2D eigenvalue weighted by Gasteiger charge is -2.14. The summed E-state index contributed by atoms with van der Waals surface area (Å²) in [6, 6.07) is 5.43. The smallest absolute Gasteiger partial charge is 0.328 e. The van der Waals surface area contributed by atoms with Gasteiger partial charge in [-0.2, -0.15) is 11.8 Å². The van der Waals surface area contributed by atoms with Gasteiger partial charge in [0.1, 0.15) is 11.9 Å². The minimum atomic E-state index is -0.694. The molecule has 1 amide bonds. The summed E-state index contributed by atoms with van der Waals surface area (Å²) < 4.78 is 18.0. The van der Waals surface area contributed by atoms with Crippen LogP contribution in [0.3, 0.4) is 0 Å². The molecule has 1 aromatic carbocycles. The second-order valence-corrected chi connectivity index (χ2v) is 5.21. The number of hydrogen-bond donors (Lipinski definition) is 1.